The number of hydrogen-bond donors (Lipinski definition) is 2. The van der Waals surface area contributed by atoms with Crippen LogP contribution in [0.4, 0.5) is 0 Å². The van der Waals surface area contributed by atoms with E-state index in [0.717, 1.165) is 11.4 Å². The Balaban J connectivity index is 2.70. The van der Waals surface area contributed by atoms with Crippen molar-refractivity contribution < 1.29 is 9.59 Å². The van der Waals surface area contributed by atoms with Crippen molar-refractivity contribution in [2.75, 3.05) is 19.6 Å². The number of hydrogen-bond acceptors (Lipinski definition) is 3. The van der Waals surface area contributed by atoms with E-state index in [9.17, 15) is 9.59 Å². The maximum absolute atomic E-state index is 12.0. The average molecular weight is 237 g/mol. The van der Waals surface area contributed by atoms with E-state index < -0.39 is 5.91 Å². The van der Waals surface area contributed by atoms with Gasteiger partial charge in [-0.2, -0.15) is 0 Å². The van der Waals surface area contributed by atoms with E-state index in [0.29, 0.717) is 12.1 Å². The van der Waals surface area contributed by atoms with Crippen LogP contribution in [0.25, 0.3) is 0 Å². The number of Topliss-reactive ketones (excluding diaryl/α,β-unsaturated/α-hetero) is 1. The Morgan fingerprint density at radius 1 is 1.35 bits per heavy atom. The monoisotopic (exact) mass is 237 g/mol. The fourth-order valence-corrected chi connectivity index (χ4v) is 1.80. The summed E-state index contributed by atoms with van der Waals surface area (Å²) in [5.74, 6) is -0.406. The van der Waals surface area contributed by atoms with Crippen molar-refractivity contribution in [2.24, 2.45) is 5.73 Å². The van der Waals surface area contributed by atoms with Gasteiger partial charge in [0.05, 0.1) is 13.1 Å². The number of nitrogens with zero attached hydrogens (tertiary/aromatic N) is 1. The highest BCUT2D eigenvalue weighted by molar-refractivity contribution is 5.99. The molecule has 1 aromatic rings. The molecule has 0 atom stereocenters. The van der Waals surface area contributed by atoms with Crippen molar-refractivity contribution in [1.29, 1.82) is 0 Å². The van der Waals surface area contributed by atoms with Gasteiger partial charge < -0.3 is 10.7 Å². The molecule has 3 N–H and O–H groups in total. The summed E-state index contributed by atoms with van der Waals surface area (Å²) < 4.78 is 0. The SMILES string of the molecule is CCN(CC(N)=O)CC(=O)c1cc(C)[nH]c1C. The third kappa shape index (κ3) is 3.71. The van der Waals surface area contributed by atoms with Gasteiger partial charge in [0.2, 0.25) is 5.91 Å². The second-order valence-corrected chi connectivity index (χ2v) is 4.18. The maximum Gasteiger partial charge on any atom is 0.231 e. The van der Waals surface area contributed by atoms with E-state index in [1.807, 2.05) is 26.8 Å². The Hall–Kier alpha value is -1.62. The number of nitrogens with two attached hydrogens (primary N) is 1. The zero-order valence-electron chi connectivity index (χ0n) is 10.5. The summed E-state index contributed by atoms with van der Waals surface area (Å²) in [4.78, 5) is 27.7. The Labute approximate surface area is 101 Å². The van der Waals surface area contributed by atoms with Crippen LogP contribution in [0, 0.1) is 13.8 Å². The van der Waals surface area contributed by atoms with Crippen LogP contribution in [0.5, 0.6) is 0 Å². The van der Waals surface area contributed by atoms with E-state index in [-0.39, 0.29) is 18.9 Å². The normalized spacial score (nSPS) is 10.8. The first kappa shape index (κ1) is 13.4. The number of carbonyl (C=O) groups is 2. The zero-order valence-corrected chi connectivity index (χ0v) is 10.5. The van der Waals surface area contributed by atoms with Crippen molar-refractivity contribution in [3.63, 3.8) is 0 Å². The molecule has 1 heterocycles. The fraction of sp³-hybridized carbons (Fsp3) is 0.500. The average Bonchev–Trinajstić information content (AvgIpc) is 2.56. The van der Waals surface area contributed by atoms with Crippen molar-refractivity contribution in [3.05, 3.63) is 23.0 Å². The zero-order chi connectivity index (χ0) is 13.0. The molecule has 1 rings (SSSR count). The number of aryl methyl sites for hydroxylation is 2. The number of likely N-dealkylation sites (N-methyl/N-ethyl adjacent to an activating group) is 1. The Kier molecular flexibility index (Phi) is 4.45. The molecule has 0 aliphatic carbocycles. The number of ketones is 1. The molecule has 0 aliphatic heterocycles. The first-order chi connectivity index (χ1) is 7.93. The fourth-order valence-electron chi connectivity index (χ4n) is 1.80. The lowest BCUT2D eigenvalue weighted by atomic mass is 10.1. The van der Waals surface area contributed by atoms with Crippen LogP contribution in [0.2, 0.25) is 0 Å². The van der Waals surface area contributed by atoms with Crippen LogP contribution < -0.4 is 5.73 Å². The van der Waals surface area contributed by atoms with Crippen LogP contribution in [0.15, 0.2) is 6.07 Å². The largest absolute Gasteiger partial charge is 0.369 e. The molecule has 0 saturated carbocycles. The van der Waals surface area contributed by atoms with Crippen LogP contribution in [-0.4, -0.2) is 41.2 Å². The molecule has 1 aromatic heterocycles. The van der Waals surface area contributed by atoms with Gasteiger partial charge in [0.15, 0.2) is 5.78 Å². The van der Waals surface area contributed by atoms with Gasteiger partial charge in [0.25, 0.3) is 0 Å². The number of nitrogens with one attached hydrogen (secondary N) is 1. The van der Waals surface area contributed by atoms with Gasteiger partial charge in [-0.1, -0.05) is 6.92 Å². The molecule has 5 nitrogen and oxygen atoms in total. The van der Waals surface area contributed by atoms with Crippen molar-refractivity contribution >= 4 is 11.7 Å². The third-order valence-corrected chi connectivity index (χ3v) is 2.64. The lowest BCUT2D eigenvalue weighted by Crippen LogP contribution is -2.37. The van der Waals surface area contributed by atoms with Gasteiger partial charge in [-0.15, -0.1) is 0 Å². The van der Waals surface area contributed by atoms with E-state index in [1.54, 1.807) is 4.90 Å². The summed E-state index contributed by atoms with van der Waals surface area (Å²) in [7, 11) is 0. The highest BCUT2D eigenvalue weighted by Gasteiger charge is 2.16. The first-order valence-electron chi connectivity index (χ1n) is 5.64. The molecule has 1 amide bonds. The number of aromatic nitrogens is 1. The van der Waals surface area contributed by atoms with Gasteiger partial charge in [0.1, 0.15) is 0 Å². The van der Waals surface area contributed by atoms with E-state index in [4.69, 9.17) is 5.73 Å². The Morgan fingerprint density at radius 3 is 2.41 bits per heavy atom. The van der Waals surface area contributed by atoms with E-state index >= 15 is 0 Å². The second-order valence-electron chi connectivity index (χ2n) is 4.18. The van der Waals surface area contributed by atoms with E-state index in [2.05, 4.69) is 4.98 Å². The maximum atomic E-state index is 12.0. The summed E-state index contributed by atoms with van der Waals surface area (Å²) in [5.41, 5.74) is 7.63. The molecule has 94 valence electrons. The molecule has 0 fully saturated rings. The van der Waals surface area contributed by atoms with Crippen LogP contribution >= 0.6 is 0 Å². The molecule has 17 heavy (non-hydrogen) atoms. The van der Waals surface area contributed by atoms with Gasteiger partial charge in [-0.05, 0) is 26.5 Å². The molecular formula is C12H19N3O2. The third-order valence-electron chi connectivity index (χ3n) is 2.64. The summed E-state index contributed by atoms with van der Waals surface area (Å²) in [6, 6.07) is 1.83. The van der Waals surface area contributed by atoms with Crippen LogP contribution in [-0.2, 0) is 4.79 Å². The number of carbonyl (C=O) groups excluding carboxylic acids is 2. The standard InChI is InChI=1S/C12H19N3O2/c1-4-15(7-12(13)17)6-11(16)10-5-8(2)14-9(10)3/h5,14H,4,6-7H2,1-3H3,(H2,13,17). The van der Waals surface area contributed by atoms with E-state index in [1.165, 1.54) is 0 Å². The molecule has 0 saturated heterocycles. The highest BCUT2D eigenvalue weighted by atomic mass is 16.1. The van der Waals surface area contributed by atoms with Crippen molar-refractivity contribution in [2.45, 2.75) is 20.8 Å². The molecular weight excluding hydrogens is 218 g/mol. The summed E-state index contributed by atoms with van der Waals surface area (Å²) in [6.07, 6.45) is 0. The predicted molar refractivity (Wildman–Crippen MR) is 65.9 cm³/mol. The van der Waals surface area contributed by atoms with Crippen molar-refractivity contribution in [1.82, 2.24) is 9.88 Å². The highest BCUT2D eigenvalue weighted by Crippen LogP contribution is 2.10. The lowest BCUT2D eigenvalue weighted by Gasteiger charge is -2.17. The molecule has 0 aromatic carbocycles. The minimum absolute atomic E-state index is 0.00921. The molecule has 0 aliphatic rings. The predicted octanol–water partition coefficient (Wildman–Crippen LogP) is 0.621. The number of aromatic amines is 1. The molecule has 0 radical (unpaired) electrons. The smallest absolute Gasteiger partial charge is 0.231 e. The van der Waals surface area contributed by atoms with Crippen LogP contribution in [0.1, 0.15) is 28.7 Å². The van der Waals surface area contributed by atoms with Gasteiger partial charge in [0, 0.05) is 17.0 Å². The Morgan fingerprint density at radius 2 is 2.00 bits per heavy atom. The minimum Gasteiger partial charge on any atom is -0.369 e. The number of rotatable bonds is 6. The Bertz CT molecular complexity index is 423. The quantitative estimate of drug-likeness (QED) is 0.712. The summed E-state index contributed by atoms with van der Waals surface area (Å²) in [5, 5.41) is 0. The molecule has 0 bridgehead atoms. The lowest BCUT2D eigenvalue weighted by molar-refractivity contribution is -0.118. The van der Waals surface area contributed by atoms with Crippen LogP contribution in [0.3, 0.4) is 0 Å². The van der Waals surface area contributed by atoms with Crippen molar-refractivity contribution in [3.8, 4) is 0 Å². The topological polar surface area (TPSA) is 79.2 Å². The molecule has 0 spiro atoms. The van der Waals surface area contributed by atoms with Gasteiger partial charge in [-0.25, -0.2) is 0 Å². The summed E-state index contributed by atoms with van der Waals surface area (Å²) >= 11 is 0. The number of primary amides is 1. The summed E-state index contributed by atoms with van der Waals surface area (Å²) in [6.45, 7) is 6.63. The molecule has 0 unspecified atom stereocenters. The minimum atomic E-state index is -0.415. The first-order valence-corrected chi connectivity index (χ1v) is 5.64. The van der Waals surface area contributed by atoms with Gasteiger partial charge >= 0.3 is 0 Å². The number of amides is 1. The van der Waals surface area contributed by atoms with Gasteiger partial charge in [-0.3, -0.25) is 14.5 Å². The molecule has 5 heteroatoms. The second kappa shape index (κ2) is 5.63. The number of H-pyrrole nitrogens is 1.